The van der Waals surface area contributed by atoms with Gasteiger partial charge in [0.1, 0.15) is 11.5 Å². The van der Waals surface area contributed by atoms with Crippen LogP contribution in [0.25, 0.3) is 11.5 Å². The number of aromatic nitrogens is 4. The monoisotopic (exact) mass is 464 g/mol. The first-order valence-electron chi connectivity index (χ1n) is 11.7. The Labute approximate surface area is 202 Å². The van der Waals surface area contributed by atoms with Crippen LogP contribution < -0.4 is 5.32 Å². The molecule has 34 heavy (non-hydrogen) atoms. The summed E-state index contributed by atoms with van der Waals surface area (Å²) in [5.74, 6) is 0.726. The number of anilines is 1. The van der Waals surface area contributed by atoms with Crippen molar-refractivity contribution in [3.63, 3.8) is 0 Å². The van der Waals surface area contributed by atoms with Crippen LogP contribution in [0.3, 0.4) is 0 Å². The molecule has 182 valence electrons. The molecule has 0 aromatic carbocycles. The number of aliphatic hydroxyl groups is 1. The molecule has 0 atom stereocenters. The van der Waals surface area contributed by atoms with Crippen molar-refractivity contribution >= 4 is 11.9 Å². The van der Waals surface area contributed by atoms with E-state index in [1.807, 2.05) is 18.2 Å². The van der Waals surface area contributed by atoms with E-state index in [4.69, 9.17) is 5.11 Å². The molecule has 0 spiro atoms. The maximum absolute atomic E-state index is 12.8. The van der Waals surface area contributed by atoms with Gasteiger partial charge in [-0.2, -0.15) is 9.97 Å². The summed E-state index contributed by atoms with van der Waals surface area (Å²) in [6, 6.07) is 5.47. The smallest absolute Gasteiger partial charge is 0.257 e. The van der Waals surface area contributed by atoms with Gasteiger partial charge < -0.3 is 10.0 Å². The fourth-order valence-electron chi connectivity index (χ4n) is 3.41. The minimum Gasteiger partial charge on any atom is -0.395 e. The molecule has 0 aliphatic rings. The third-order valence-electron chi connectivity index (χ3n) is 5.15. The van der Waals surface area contributed by atoms with E-state index < -0.39 is 0 Å². The van der Waals surface area contributed by atoms with Crippen LogP contribution in [0.2, 0.25) is 0 Å². The van der Waals surface area contributed by atoms with Crippen molar-refractivity contribution in [3.05, 3.63) is 66.2 Å². The Morgan fingerprint density at radius 2 is 1.97 bits per heavy atom. The van der Waals surface area contributed by atoms with Crippen LogP contribution in [-0.4, -0.2) is 62.1 Å². The maximum atomic E-state index is 12.8. The molecule has 0 aliphatic heterocycles. The van der Waals surface area contributed by atoms with Crippen LogP contribution in [-0.2, 0) is 4.79 Å². The van der Waals surface area contributed by atoms with Crippen LogP contribution in [0.15, 0.2) is 60.3 Å². The van der Waals surface area contributed by atoms with Gasteiger partial charge in [0.15, 0.2) is 5.82 Å². The van der Waals surface area contributed by atoms with Gasteiger partial charge in [-0.25, -0.2) is 4.98 Å². The molecule has 0 aliphatic carbocycles. The minimum atomic E-state index is -0.337. The van der Waals surface area contributed by atoms with E-state index in [-0.39, 0.29) is 18.5 Å². The second-order valence-corrected chi connectivity index (χ2v) is 8.06. The molecular weight excluding hydrogens is 428 g/mol. The highest BCUT2D eigenvalue weighted by molar-refractivity contribution is 6.05. The summed E-state index contributed by atoms with van der Waals surface area (Å²) in [6.45, 7) is 12.6. The lowest BCUT2D eigenvalue weighted by Crippen LogP contribution is -2.28. The molecule has 8 heteroatoms. The summed E-state index contributed by atoms with van der Waals surface area (Å²) in [5.41, 5.74) is 2.22. The molecule has 2 N–H and O–H groups in total. The van der Waals surface area contributed by atoms with Crippen molar-refractivity contribution in [2.75, 3.05) is 31.6 Å². The molecule has 8 nitrogen and oxygen atoms in total. The molecule has 0 fully saturated rings. The van der Waals surface area contributed by atoms with Crippen LogP contribution in [0.5, 0.6) is 0 Å². The zero-order chi connectivity index (χ0) is 24.8. The first kappa shape index (κ1) is 27.0. The Morgan fingerprint density at radius 1 is 1.15 bits per heavy atom. The fraction of sp³-hybridized carbons (Fsp3) is 0.423. The van der Waals surface area contributed by atoms with Gasteiger partial charge in [0.2, 0.25) is 5.95 Å². The number of aryl methyl sites for hydroxylation is 1. The molecule has 1 amide bonds. The van der Waals surface area contributed by atoms with Crippen molar-refractivity contribution in [3.8, 4) is 11.5 Å². The van der Waals surface area contributed by atoms with Gasteiger partial charge in [-0.15, -0.1) is 0 Å². The summed E-state index contributed by atoms with van der Waals surface area (Å²) in [4.78, 5) is 32.2. The molecule has 2 heterocycles. The van der Waals surface area contributed by atoms with Gasteiger partial charge in [-0.05, 0) is 70.8 Å². The first-order chi connectivity index (χ1) is 16.5. The lowest BCUT2D eigenvalue weighted by molar-refractivity contribution is -0.112. The predicted molar refractivity (Wildman–Crippen MR) is 136 cm³/mol. The van der Waals surface area contributed by atoms with Crippen LogP contribution in [0, 0.1) is 6.92 Å². The number of allylic oxidation sites excluding steroid dienone is 3. The Kier molecular flexibility index (Phi) is 11.8. The second kappa shape index (κ2) is 14.8. The average Bonchev–Trinajstić information content (AvgIpc) is 2.82. The third kappa shape index (κ3) is 9.33. The minimum absolute atomic E-state index is 0.172. The molecule has 2 aromatic rings. The number of unbranched alkanes of at least 4 members (excludes halogenated alkanes) is 1. The SMILES string of the molecule is C=C/C(=C\C=C(/C)CCCCN(CCC)CCO)C(=O)Nc1nc(C)nc(-c2ccccn2)n1. The molecule has 0 saturated heterocycles. The molecule has 0 radical (unpaired) electrons. The molecule has 0 unspecified atom stereocenters. The van der Waals surface area contributed by atoms with E-state index in [0.717, 1.165) is 45.3 Å². The number of aliphatic hydroxyl groups excluding tert-OH is 1. The quantitative estimate of drug-likeness (QED) is 0.246. The summed E-state index contributed by atoms with van der Waals surface area (Å²) in [7, 11) is 0. The number of carbonyl (C=O) groups excluding carboxylic acids is 1. The molecule has 0 saturated carbocycles. The Bertz CT molecular complexity index is 982. The van der Waals surface area contributed by atoms with Gasteiger partial charge in [-0.1, -0.05) is 37.3 Å². The van der Waals surface area contributed by atoms with Crippen LogP contribution >= 0.6 is 0 Å². The molecule has 0 bridgehead atoms. The number of pyridine rings is 1. The Balaban J connectivity index is 1.96. The Morgan fingerprint density at radius 3 is 2.65 bits per heavy atom. The lowest BCUT2D eigenvalue weighted by Gasteiger charge is -2.20. The number of hydrogen-bond acceptors (Lipinski definition) is 7. The topological polar surface area (TPSA) is 104 Å². The number of nitrogens with one attached hydrogen (secondary N) is 1. The number of hydrogen-bond donors (Lipinski definition) is 2. The van der Waals surface area contributed by atoms with Gasteiger partial charge in [0.05, 0.1) is 6.61 Å². The highest BCUT2D eigenvalue weighted by Gasteiger charge is 2.12. The van der Waals surface area contributed by atoms with E-state index in [2.05, 4.69) is 50.6 Å². The summed E-state index contributed by atoms with van der Waals surface area (Å²) in [5, 5.41) is 11.9. The number of rotatable bonds is 14. The number of nitrogens with zero attached hydrogens (tertiary/aromatic N) is 5. The van der Waals surface area contributed by atoms with Crippen molar-refractivity contribution < 1.29 is 9.90 Å². The third-order valence-corrected chi connectivity index (χ3v) is 5.15. The van der Waals surface area contributed by atoms with Gasteiger partial charge in [-0.3, -0.25) is 15.1 Å². The highest BCUT2D eigenvalue weighted by atomic mass is 16.3. The average molecular weight is 465 g/mol. The largest absolute Gasteiger partial charge is 0.395 e. The van der Waals surface area contributed by atoms with Crippen LogP contribution in [0.4, 0.5) is 5.95 Å². The fourth-order valence-corrected chi connectivity index (χ4v) is 3.41. The Hall–Kier alpha value is -3.23. The van der Waals surface area contributed by atoms with E-state index in [1.165, 1.54) is 11.6 Å². The van der Waals surface area contributed by atoms with Crippen molar-refractivity contribution in [1.82, 2.24) is 24.8 Å². The van der Waals surface area contributed by atoms with Gasteiger partial charge >= 0.3 is 0 Å². The van der Waals surface area contributed by atoms with Crippen LogP contribution in [0.1, 0.15) is 45.4 Å². The zero-order valence-corrected chi connectivity index (χ0v) is 20.5. The van der Waals surface area contributed by atoms with E-state index >= 15 is 0 Å². The van der Waals surface area contributed by atoms with Gasteiger partial charge in [0.25, 0.3) is 5.91 Å². The molecule has 2 aromatic heterocycles. The van der Waals surface area contributed by atoms with Crippen molar-refractivity contribution in [1.29, 1.82) is 0 Å². The highest BCUT2D eigenvalue weighted by Crippen LogP contribution is 2.14. The summed E-state index contributed by atoms with van der Waals surface area (Å²) < 4.78 is 0. The summed E-state index contributed by atoms with van der Waals surface area (Å²) in [6.07, 6.45) is 11.1. The van der Waals surface area contributed by atoms with Crippen molar-refractivity contribution in [2.45, 2.75) is 46.5 Å². The number of amides is 1. The lowest BCUT2D eigenvalue weighted by atomic mass is 10.1. The standard InChI is InChI=1S/C26H36N6O2/c1-5-16-32(18-19-33)17-10-8-11-20(3)13-14-22(6-2)25(34)31-26-29-21(4)28-24(30-26)23-12-7-9-15-27-23/h6-7,9,12-15,33H,2,5,8,10-11,16-19H2,1,3-4H3,(H,28,29,30,31,34)/b20-13+,22-14+. The zero-order valence-electron chi connectivity index (χ0n) is 20.5. The predicted octanol–water partition coefficient (Wildman–Crippen LogP) is 4.11. The van der Waals surface area contributed by atoms with Crippen molar-refractivity contribution in [2.24, 2.45) is 0 Å². The van der Waals surface area contributed by atoms with Gasteiger partial charge in [0, 0.05) is 18.3 Å². The normalized spacial score (nSPS) is 12.1. The maximum Gasteiger partial charge on any atom is 0.257 e. The second-order valence-electron chi connectivity index (χ2n) is 8.06. The molecule has 2 rings (SSSR count). The van der Waals surface area contributed by atoms with E-state index in [1.54, 1.807) is 25.3 Å². The summed E-state index contributed by atoms with van der Waals surface area (Å²) >= 11 is 0. The first-order valence-corrected chi connectivity index (χ1v) is 11.7. The van der Waals surface area contributed by atoms with E-state index in [0.29, 0.717) is 22.9 Å². The number of carbonyl (C=O) groups is 1. The molecular formula is C26H36N6O2. The van der Waals surface area contributed by atoms with E-state index in [9.17, 15) is 4.79 Å².